The Morgan fingerprint density at radius 1 is 1.42 bits per heavy atom. The van der Waals surface area contributed by atoms with Crippen molar-refractivity contribution in [2.75, 3.05) is 12.3 Å². The number of nitrogens with two attached hydrogens (primary N) is 1. The van der Waals surface area contributed by atoms with E-state index in [1.54, 1.807) is 6.07 Å². The molecule has 106 valence electrons. The summed E-state index contributed by atoms with van der Waals surface area (Å²) in [5.74, 6) is 0.825. The van der Waals surface area contributed by atoms with Crippen LogP contribution in [-0.4, -0.2) is 28.0 Å². The monoisotopic (exact) mass is 263 g/mol. The maximum atomic E-state index is 12.7. The summed E-state index contributed by atoms with van der Waals surface area (Å²) in [6.07, 6.45) is 4.03. The fourth-order valence-corrected chi connectivity index (χ4v) is 2.96. The third-order valence-electron chi connectivity index (χ3n) is 4.04. The zero-order valence-corrected chi connectivity index (χ0v) is 12.4. The number of nitrogen functional groups attached to an aromatic ring is 1. The summed E-state index contributed by atoms with van der Waals surface area (Å²) in [5.41, 5.74) is 7.23. The molecule has 1 amide bonds. The highest BCUT2D eigenvalue weighted by atomic mass is 16.2. The molecule has 2 atom stereocenters. The van der Waals surface area contributed by atoms with Crippen molar-refractivity contribution in [1.82, 2.24) is 9.47 Å². The quantitative estimate of drug-likeness (QED) is 0.892. The Balaban J connectivity index is 2.24. The van der Waals surface area contributed by atoms with Crippen LogP contribution in [0.25, 0.3) is 0 Å². The number of hydrogen-bond acceptors (Lipinski definition) is 2. The Bertz CT molecular complexity index is 464. The second-order valence-corrected chi connectivity index (χ2v) is 6.14. The predicted octanol–water partition coefficient (Wildman–Crippen LogP) is 2.91. The van der Waals surface area contributed by atoms with Crippen molar-refractivity contribution in [3.63, 3.8) is 0 Å². The van der Waals surface area contributed by atoms with Gasteiger partial charge in [-0.25, -0.2) is 0 Å². The summed E-state index contributed by atoms with van der Waals surface area (Å²) in [7, 11) is 0. The van der Waals surface area contributed by atoms with Crippen LogP contribution in [0.5, 0.6) is 0 Å². The molecule has 1 fully saturated rings. The van der Waals surface area contributed by atoms with E-state index >= 15 is 0 Å². The van der Waals surface area contributed by atoms with Gasteiger partial charge in [-0.2, -0.15) is 0 Å². The Kier molecular flexibility index (Phi) is 3.88. The summed E-state index contributed by atoms with van der Waals surface area (Å²) < 4.78 is 1.97. The number of anilines is 1. The van der Waals surface area contributed by atoms with Crippen molar-refractivity contribution in [3.8, 4) is 0 Å². The third kappa shape index (κ3) is 2.77. The van der Waals surface area contributed by atoms with Gasteiger partial charge in [-0.1, -0.05) is 6.92 Å². The molecule has 1 aliphatic heterocycles. The molecule has 2 N–H and O–H groups in total. The first-order valence-corrected chi connectivity index (χ1v) is 7.18. The molecule has 0 saturated carbocycles. The van der Waals surface area contributed by atoms with Crippen molar-refractivity contribution in [2.45, 2.75) is 52.6 Å². The lowest BCUT2D eigenvalue weighted by Gasteiger charge is -2.36. The fourth-order valence-electron chi connectivity index (χ4n) is 2.96. The molecular weight excluding hydrogens is 238 g/mol. The Morgan fingerprint density at radius 3 is 2.68 bits per heavy atom. The molecule has 0 spiro atoms. The van der Waals surface area contributed by atoms with Gasteiger partial charge in [0, 0.05) is 24.8 Å². The molecule has 1 aromatic heterocycles. The Labute approximate surface area is 115 Å². The predicted molar refractivity (Wildman–Crippen MR) is 78.1 cm³/mol. The topological polar surface area (TPSA) is 51.3 Å². The minimum Gasteiger partial charge on any atom is -0.397 e. The van der Waals surface area contributed by atoms with Gasteiger partial charge in [-0.05, 0) is 45.6 Å². The SMILES string of the molecule is CC1CCN(C(=O)c2cc(N)cn2C(C)C)C(C)C1. The van der Waals surface area contributed by atoms with Gasteiger partial charge < -0.3 is 15.2 Å². The van der Waals surface area contributed by atoms with E-state index in [-0.39, 0.29) is 11.9 Å². The number of amides is 1. The average molecular weight is 263 g/mol. The van der Waals surface area contributed by atoms with Gasteiger partial charge in [0.1, 0.15) is 5.69 Å². The van der Waals surface area contributed by atoms with Crippen LogP contribution in [0.3, 0.4) is 0 Å². The molecule has 2 heterocycles. The van der Waals surface area contributed by atoms with E-state index in [2.05, 4.69) is 27.7 Å². The number of carbonyl (C=O) groups excluding carboxylic acids is 1. The normalized spacial score (nSPS) is 23.9. The van der Waals surface area contributed by atoms with Gasteiger partial charge in [-0.3, -0.25) is 4.79 Å². The highest BCUT2D eigenvalue weighted by molar-refractivity contribution is 5.94. The number of likely N-dealkylation sites (tertiary alicyclic amines) is 1. The molecule has 0 radical (unpaired) electrons. The number of hydrogen-bond donors (Lipinski definition) is 1. The van der Waals surface area contributed by atoms with Gasteiger partial charge in [-0.15, -0.1) is 0 Å². The van der Waals surface area contributed by atoms with Gasteiger partial charge in [0.05, 0.1) is 5.69 Å². The molecule has 1 saturated heterocycles. The van der Waals surface area contributed by atoms with E-state index in [4.69, 9.17) is 5.73 Å². The smallest absolute Gasteiger partial charge is 0.270 e. The van der Waals surface area contributed by atoms with E-state index in [0.717, 1.165) is 19.4 Å². The Hall–Kier alpha value is -1.45. The molecular formula is C15H25N3O. The standard InChI is InChI=1S/C15H25N3O/c1-10(2)18-9-13(16)8-14(18)15(19)17-6-5-11(3)7-12(17)4/h8-12H,5-7,16H2,1-4H3. The lowest BCUT2D eigenvalue weighted by atomic mass is 9.93. The van der Waals surface area contributed by atoms with E-state index in [1.807, 2.05) is 15.7 Å². The third-order valence-corrected chi connectivity index (χ3v) is 4.04. The van der Waals surface area contributed by atoms with Gasteiger partial charge in [0.15, 0.2) is 0 Å². The maximum Gasteiger partial charge on any atom is 0.270 e. The van der Waals surface area contributed by atoms with E-state index in [0.29, 0.717) is 23.3 Å². The molecule has 19 heavy (non-hydrogen) atoms. The summed E-state index contributed by atoms with van der Waals surface area (Å²) in [4.78, 5) is 14.7. The first-order chi connectivity index (χ1) is 8.90. The van der Waals surface area contributed by atoms with Crippen LogP contribution in [0.15, 0.2) is 12.3 Å². The number of carbonyl (C=O) groups is 1. The lowest BCUT2D eigenvalue weighted by Crippen LogP contribution is -2.44. The van der Waals surface area contributed by atoms with Crippen LogP contribution in [0.1, 0.15) is 57.1 Å². The molecule has 0 bridgehead atoms. The van der Waals surface area contributed by atoms with E-state index in [9.17, 15) is 4.79 Å². The minimum absolute atomic E-state index is 0.116. The number of rotatable bonds is 2. The van der Waals surface area contributed by atoms with Crippen molar-refractivity contribution >= 4 is 11.6 Å². The van der Waals surface area contributed by atoms with Crippen LogP contribution < -0.4 is 5.73 Å². The summed E-state index contributed by atoms with van der Waals surface area (Å²) in [5, 5.41) is 0. The number of piperidine rings is 1. The summed E-state index contributed by atoms with van der Waals surface area (Å²) in [6, 6.07) is 2.36. The molecule has 2 rings (SSSR count). The van der Waals surface area contributed by atoms with Crippen LogP contribution >= 0.6 is 0 Å². The first-order valence-electron chi connectivity index (χ1n) is 7.18. The zero-order valence-electron chi connectivity index (χ0n) is 12.4. The minimum atomic E-state index is 0.116. The van der Waals surface area contributed by atoms with Crippen LogP contribution in [0, 0.1) is 5.92 Å². The highest BCUT2D eigenvalue weighted by Crippen LogP contribution is 2.25. The molecule has 2 unspecified atom stereocenters. The van der Waals surface area contributed by atoms with E-state index in [1.165, 1.54) is 0 Å². The molecule has 0 aromatic carbocycles. The zero-order chi connectivity index (χ0) is 14.2. The van der Waals surface area contributed by atoms with Crippen molar-refractivity contribution < 1.29 is 4.79 Å². The van der Waals surface area contributed by atoms with Crippen molar-refractivity contribution in [3.05, 3.63) is 18.0 Å². The largest absolute Gasteiger partial charge is 0.397 e. The Morgan fingerprint density at radius 2 is 2.11 bits per heavy atom. The van der Waals surface area contributed by atoms with Crippen molar-refractivity contribution in [1.29, 1.82) is 0 Å². The van der Waals surface area contributed by atoms with Crippen LogP contribution in [0.4, 0.5) is 5.69 Å². The molecule has 4 nitrogen and oxygen atoms in total. The number of aromatic nitrogens is 1. The van der Waals surface area contributed by atoms with E-state index < -0.39 is 0 Å². The fraction of sp³-hybridized carbons (Fsp3) is 0.667. The van der Waals surface area contributed by atoms with Gasteiger partial charge >= 0.3 is 0 Å². The molecule has 4 heteroatoms. The average Bonchev–Trinajstić information content (AvgIpc) is 2.70. The molecule has 1 aromatic rings. The molecule has 0 aliphatic carbocycles. The summed E-state index contributed by atoms with van der Waals surface area (Å²) >= 11 is 0. The lowest BCUT2D eigenvalue weighted by molar-refractivity contribution is 0.0576. The maximum absolute atomic E-state index is 12.7. The summed E-state index contributed by atoms with van der Waals surface area (Å²) in [6.45, 7) is 9.38. The van der Waals surface area contributed by atoms with Crippen molar-refractivity contribution in [2.24, 2.45) is 5.92 Å². The highest BCUT2D eigenvalue weighted by Gasteiger charge is 2.29. The van der Waals surface area contributed by atoms with Gasteiger partial charge in [0.25, 0.3) is 5.91 Å². The first kappa shape index (κ1) is 14.0. The van der Waals surface area contributed by atoms with Gasteiger partial charge in [0.2, 0.25) is 0 Å². The second-order valence-electron chi connectivity index (χ2n) is 6.14. The number of nitrogens with zero attached hydrogens (tertiary/aromatic N) is 2. The second kappa shape index (κ2) is 5.27. The van der Waals surface area contributed by atoms with Crippen LogP contribution in [0.2, 0.25) is 0 Å². The van der Waals surface area contributed by atoms with Crippen LogP contribution in [-0.2, 0) is 0 Å². The molecule has 1 aliphatic rings.